The fraction of sp³-hybridized carbons (Fsp3) is 0.312. The number of rotatable bonds is 13. The van der Waals surface area contributed by atoms with E-state index in [1.807, 2.05) is 84.9 Å². The molecule has 3 aromatic carbocycles. The van der Waals surface area contributed by atoms with Crippen LogP contribution >= 0.6 is 0 Å². The van der Waals surface area contributed by atoms with Crippen LogP contribution in [0.15, 0.2) is 78.9 Å². The Hall–Kier alpha value is -4.68. The summed E-state index contributed by atoms with van der Waals surface area (Å²) < 4.78 is 11.3. The average Bonchev–Trinajstić information content (AvgIpc) is 3.31. The summed E-state index contributed by atoms with van der Waals surface area (Å²) in [6.45, 7) is 1.80. The summed E-state index contributed by atoms with van der Waals surface area (Å²) in [5.74, 6) is -2.12. The number of alkyl carbamates (subject to hydrolysis) is 1. The van der Waals surface area contributed by atoms with Crippen LogP contribution in [0.1, 0.15) is 48.8 Å². The van der Waals surface area contributed by atoms with Gasteiger partial charge in [0, 0.05) is 12.3 Å². The summed E-state index contributed by atoms with van der Waals surface area (Å²) in [6, 6.07) is 24.7. The summed E-state index contributed by atoms with van der Waals surface area (Å²) in [5, 5.41) is 23.8. The molecule has 1 aliphatic rings. The van der Waals surface area contributed by atoms with Crippen LogP contribution in [0.25, 0.3) is 11.1 Å². The van der Waals surface area contributed by atoms with Crippen LogP contribution < -0.4 is 10.6 Å². The number of nitrogens with zero attached hydrogens (tertiary/aromatic N) is 1. The molecule has 212 valence electrons. The first-order chi connectivity index (χ1) is 19.9. The monoisotopic (exact) mass is 555 g/mol. The van der Waals surface area contributed by atoms with Crippen molar-refractivity contribution in [2.75, 3.05) is 6.61 Å². The minimum atomic E-state index is -1.35. The van der Waals surface area contributed by atoms with Gasteiger partial charge in [-0.2, -0.15) is 5.26 Å². The van der Waals surface area contributed by atoms with E-state index in [9.17, 15) is 19.5 Å². The smallest absolute Gasteiger partial charge is 0.407 e. The van der Waals surface area contributed by atoms with Crippen LogP contribution in [-0.4, -0.2) is 47.9 Å². The van der Waals surface area contributed by atoms with Gasteiger partial charge >= 0.3 is 12.1 Å². The predicted octanol–water partition coefficient (Wildman–Crippen LogP) is 4.76. The van der Waals surface area contributed by atoms with Crippen molar-refractivity contribution in [3.8, 4) is 17.2 Å². The highest BCUT2D eigenvalue weighted by Crippen LogP contribution is 2.44. The number of hydrogen-bond acceptors (Lipinski definition) is 6. The molecule has 0 spiro atoms. The van der Waals surface area contributed by atoms with Crippen molar-refractivity contribution in [1.82, 2.24) is 10.6 Å². The van der Waals surface area contributed by atoms with Crippen molar-refractivity contribution in [3.63, 3.8) is 0 Å². The Morgan fingerprint density at radius 1 is 0.927 bits per heavy atom. The van der Waals surface area contributed by atoms with E-state index in [1.54, 1.807) is 6.92 Å². The van der Waals surface area contributed by atoms with Gasteiger partial charge in [0.2, 0.25) is 5.91 Å². The Morgan fingerprint density at radius 3 is 2.15 bits per heavy atom. The first-order valence-corrected chi connectivity index (χ1v) is 13.6. The van der Waals surface area contributed by atoms with E-state index < -0.39 is 36.2 Å². The molecule has 1 aliphatic carbocycles. The van der Waals surface area contributed by atoms with Gasteiger partial charge < -0.3 is 25.2 Å². The SMILES string of the molecule is C[C@@H](OCc1ccccc1)[C@H](NC(=O)C(CCCC#N)NC(=O)OCC1c2ccccc2-c2ccccc21)C(=O)O. The molecule has 0 radical (unpaired) electrons. The highest BCUT2D eigenvalue weighted by atomic mass is 16.5. The predicted molar refractivity (Wildman–Crippen MR) is 152 cm³/mol. The number of carbonyl (C=O) groups is 3. The minimum absolute atomic E-state index is 0.0640. The zero-order chi connectivity index (χ0) is 29.2. The van der Waals surface area contributed by atoms with Crippen molar-refractivity contribution in [3.05, 3.63) is 95.6 Å². The number of carbonyl (C=O) groups excluding carboxylic acids is 2. The molecule has 3 aromatic rings. The molecule has 9 nitrogen and oxygen atoms in total. The molecule has 0 saturated heterocycles. The van der Waals surface area contributed by atoms with E-state index >= 15 is 0 Å². The minimum Gasteiger partial charge on any atom is -0.480 e. The van der Waals surface area contributed by atoms with E-state index in [0.717, 1.165) is 27.8 Å². The van der Waals surface area contributed by atoms with E-state index in [-0.39, 0.29) is 32.0 Å². The molecule has 3 atom stereocenters. The molecular formula is C32H33N3O6. The third-order valence-corrected chi connectivity index (χ3v) is 7.12. The maximum Gasteiger partial charge on any atom is 0.407 e. The summed E-state index contributed by atoms with van der Waals surface area (Å²) in [4.78, 5) is 38.0. The van der Waals surface area contributed by atoms with Gasteiger partial charge in [-0.3, -0.25) is 4.79 Å². The molecule has 2 amide bonds. The summed E-state index contributed by atoms with van der Waals surface area (Å²) in [5.41, 5.74) is 5.15. The number of aliphatic carboxylic acids is 1. The molecule has 0 aliphatic heterocycles. The van der Waals surface area contributed by atoms with Gasteiger partial charge in [-0.25, -0.2) is 9.59 Å². The highest BCUT2D eigenvalue weighted by Gasteiger charge is 2.32. The molecule has 0 fully saturated rings. The van der Waals surface area contributed by atoms with Gasteiger partial charge in [-0.05, 0) is 47.6 Å². The van der Waals surface area contributed by atoms with Gasteiger partial charge in [0.1, 0.15) is 12.6 Å². The second-order valence-electron chi connectivity index (χ2n) is 9.90. The van der Waals surface area contributed by atoms with Gasteiger partial charge in [-0.15, -0.1) is 0 Å². The number of fused-ring (bicyclic) bond motifs is 3. The third kappa shape index (κ3) is 7.50. The molecule has 0 saturated carbocycles. The number of unbranched alkanes of at least 4 members (excludes halogenated alkanes) is 1. The molecule has 0 heterocycles. The first kappa shape index (κ1) is 29.3. The number of ether oxygens (including phenoxy) is 2. The maximum absolute atomic E-state index is 13.2. The van der Waals surface area contributed by atoms with Gasteiger partial charge in [0.05, 0.1) is 18.8 Å². The van der Waals surface area contributed by atoms with Crippen LogP contribution in [0.4, 0.5) is 4.79 Å². The number of carboxylic acid groups (broad SMARTS) is 1. The van der Waals surface area contributed by atoms with E-state index in [4.69, 9.17) is 14.7 Å². The van der Waals surface area contributed by atoms with Crippen molar-refractivity contribution in [1.29, 1.82) is 5.26 Å². The fourth-order valence-corrected chi connectivity index (χ4v) is 4.97. The molecule has 0 bridgehead atoms. The average molecular weight is 556 g/mol. The molecule has 9 heteroatoms. The zero-order valence-electron chi connectivity index (χ0n) is 22.8. The van der Waals surface area contributed by atoms with Crippen LogP contribution in [-0.2, 0) is 25.7 Å². The topological polar surface area (TPSA) is 138 Å². The third-order valence-electron chi connectivity index (χ3n) is 7.12. The lowest BCUT2D eigenvalue weighted by molar-refractivity contribution is -0.146. The van der Waals surface area contributed by atoms with E-state index in [2.05, 4.69) is 10.6 Å². The molecule has 4 rings (SSSR count). The Balaban J connectivity index is 1.38. The lowest BCUT2D eigenvalue weighted by atomic mass is 9.98. The summed E-state index contributed by atoms with van der Waals surface area (Å²) >= 11 is 0. The van der Waals surface area contributed by atoms with Crippen molar-refractivity contribution >= 4 is 18.0 Å². The van der Waals surface area contributed by atoms with Crippen molar-refractivity contribution in [2.24, 2.45) is 0 Å². The number of carboxylic acids is 1. The number of amides is 2. The fourth-order valence-electron chi connectivity index (χ4n) is 4.97. The largest absolute Gasteiger partial charge is 0.480 e. The number of nitrogens with one attached hydrogen (secondary N) is 2. The molecular weight excluding hydrogens is 522 g/mol. The van der Waals surface area contributed by atoms with E-state index in [0.29, 0.717) is 6.42 Å². The highest BCUT2D eigenvalue weighted by molar-refractivity contribution is 5.89. The van der Waals surface area contributed by atoms with Crippen LogP contribution in [0.2, 0.25) is 0 Å². The van der Waals surface area contributed by atoms with Crippen molar-refractivity contribution in [2.45, 2.75) is 56.9 Å². The molecule has 1 unspecified atom stereocenters. The Bertz CT molecular complexity index is 1360. The molecule has 0 aromatic heterocycles. The lowest BCUT2D eigenvalue weighted by Gasteiger charge is -2.25. The summed E-state index contributed by atoms with van der Waals surface area (Å²) in [6.07, 6.45) is -1.02. The summed E-state index contributed by atoms with van der Waals surface area (Å²) in [7, 11) is 0. The van der Waals surface area contributed by atoms with Crippen molar-refractivity contribution < 1.29 is 29.0 Å². The number of nitriles is 1. The van der Waals surface area contributed by atoms with Gasteiger partial charge in [0.25, 0.3) is 0 Å². The van der Waals surface area contributed by atoms with Crippen LogP contribution in [0, 0.1) is 11.3 Å². The first-order valence-electron chi connectivity index (χ1n) is 13.6. The van der Waals surface area contributed by atoms with Gasteiger partial charge in [0.15, 0.2) is 6.04 Å². The number of hydrogen-bond donors (Lipinski definition) is 3. The van der Waals surface area contributed by atoms with E-state index in [1.165, 1.54) is 0 Å². The van der Waals surface area contributed by atoms with Gasteiger partial charge in [-0.1, -0.05) is 78.9 Å². The maximum atomic E-state index is 13.2. The van der Waals surface area contributed by atoms with Crippen LogP contribution in [0.5, 0.6) is 0 Å². The number of benzene rings is 3. The Morgan fingerprint density at radius 2 is 1.54 bits per heavy atom. The molecule has 3 N–H and O–H groups in total. The Kier molecular flexibility index (Phi) is 10.1. The normalized spacial score (nSPS) is 14.0. The molecule has 41 heavy (non-hydrogen) atoms. The standard InChI is InChI=1S/C32H33N3O6/c1-21(40-19-22-11-3-2-4-12-22)29(31(37)38)35-30(36)28(17-9-10-18-33)34-32(39)41-20-27-25-15-7-5-13-23(25)24-14-6-8-16-26(24)27/h2-8,11-16,21,27-29H,9-10,17,19-20H2,1H3,(H,34,39)(H,35,36)(H,37,38)/t21-,28?,29+/m1/s1. The quantitative estimate of drug-likeness (QED) is 0.259. The second-order valence-corrected chi connectivity index (χ2v) is 9.90. The zero-order valence-corrected chi connectivity index (χ0v) is 22.8. The van der Waals surface area contributed by atoms with Crippen LogP contribution in [0.3, 0.4) is 0 Å². The second kappa shape index (κ2) is 14.1. The Labute approximate surface area is 239 Å². The lowest BCUT2D eigenvalue weighted by Crippen LogP contribution is -2.55.